The summed E-state index contributed by atoms with van der Waals surface area (Å²) < 4.78 is 26.4. The van der Waals surface area contributed by atoms with E-state index in [1.807, 2.05) is 0 Å². The van der Waals surface area contributed by atoms with Crippen molar-refractivity contribution >= 4 is 36.4 Å². The Morgan fingerprint density at radius 1 is 1.26 bits per heavy atom. The van der Waals surface area contributed by atoms with Crippen LogP contribution < -0.4 is 5.32 Å². The van der Waals surface area contributed by atoms with E-state index < -0.39 is 12.5 Å². The van der Waals surface area contributed by atoms with E-state index in [9.17, 15) is 8.78 Å². The van der Waals surface area contributed by atoms with Gasteiger partial charge in [0.05, 0.1) is 11.1 Å². The van der Waals surface area contributed by atoms with E-state index in [1.54, 1.807) is 11.0 Å². The van der Waals surface area contributed by atoms with Crippen LogP contribution in [0.25, 0.3) is 0 Å². The van der Waals surface area contributed by atoms with Gasteiger partial charge in [-0.1, -0.05) is 11.6 Å². The van der Waals surface area contributed by atoms with Crippen LogP contribution in [0, 0.1) is 0 Å². The van der Waals surface area contributed by atoms with E-state index in [-0.39, 0.29) is 24.8 Å². The Kier molecular flexibility index (Phi) is 8.78. The molecule has 3 nitrogen and oxygen atoms in total. The molecule has 1 fully saturated rings. The lowest BCUT2D eigenvalue weighted by Crippen LogP contribution is -2.47. The average molecular weight is 335 g/mol. The standard InChI is InChI=1S/C11H14ClF2N3.2ClH/c12-9-7-16-2-1-8(9)10(11(13)14)17-5-3-15-4-6-17;;/h1-2,7,10-11,15H,3-6H2;2*1H/t10-;;/m0../s1. The molecular formula is C11H16Cl3F2N3. The van der Waals surface area contributed by atoms with Gasteiger partial charge in [0.15, 0.2) is 0 Å². The molecule has 0 unspecified atom stereocenters. The Bertz CT molecular complexity index is 376. The number of nitrogens with zero attached hydrogens (tertiary/aromatic N) is 2. The fourth-order valence-electron chi connectivity index (χ4n) is 2.08. The first-order chi connectivity index (χ1) is 8.20. The highest BCUT2D eigenvalue weighted by atomic mass is 35.5. The highest BCUT2D eigenvalue weighted by molar-refractivity contribution is 6.31. The van der Waals surface area contributed by atoms with Crippen molar-refractivity contribution in [2.45, 2.75) is 12.5 Å². The second kappa shape index (κ2) is 8.87. The highest BCUT2D eigenvalue weighted by Gasteiger charge is 2.31. The molecule has 2 heterocycles. The Morgan fingerprint density at radius 3 is 2.42 bits per heavy atom. The summed E-state index contributed by atoms with van der Waals surface area (Å²) in [5.41, 5.74) is 0.457. The molecule has 1 aromatic heterocycles. The van der Waals surface area contributed by atoms with Crippen LogP contribution in [0.5, 0.6) is 0 Å². The molecule has 0 amide bonds. The van der Waals surface area contributed by atoms with Crippen molar-refractivity contribution in [2.75, 3.05) is 26.2 Å². The minimum atomic E-state index is -2.45. The van der Waals surface area contributed by atoms with Gasteiger partial charge in [-0.15, -0.1) is 24.8 Å². The van der Waals surface area contributed by atoms with Crippen LogP contribution in [-0.4, -0.2) is 42.5 Å². The van der Waals surface area contributed by atoms with Gasteiger partial charge in [0, 0.05) is 38.6 Å². The zero-order valence-corrected chi connectivity index (χ0v) is 12.4. The predicted octanol–water partition coefficient (Wildman–Crippen LogP) is 2.79. The molecule has 19 heavy (non-hydrogen) atoms. The first-order valence-corrected chi connectivity index (χ1v) is 5.90. The second-order valence-electron chi connectivity index (χ2n) is 3.96. The van der Waals surface area contributed by atoms with Gasteiger partial charge >= 0.3 is 0 Å². The van der Waals surface area contributed by atoms with E-state index in [0.717, 1.165) is 13.1 Å². The molecule has 1 aromatic rings. The Hall–Kier alpha value is -0.200. The number of halogens is 5. The molecule has 0 aromatic carbocycles. The third-order valence-electron chi connectivity index (χ3n) is 2.91. The molecular weight excluding hydrogens is 318 g/mol. The van der Waals surface area contributed by atoms with E-state index in [0.29, 0.717) is 23.7 Å². The maximum Gasteiger partial charge on any atom is 0.258 e. The van der Waals surface area contributed by atoms with Crippen molar-refractivity contribution in [1.29, 1.82) is 0 Å². The molecule has 0 aliphatic carbocycles. The fraction of sp³-hybridized carbons (Fsp3) is 0.545. The van der Waals surface area contributed by atoms with E-state index >= 15 is 0 Å². The summed E-state index contributed by atoms with van der Waals surface area (Å²) in [6.07, 6.45) is 0.459. The number of nitrogens with one attached hydrogen (secondary N) is 1. The summed E-state index contributed by atoms with van der Waals surface area (Å²) in [6.45, 7) is 2.67. The number of alkyl halides is 2. The van der Waals surface area contributed by atoms with Crippen LogP contribution in [0.15, 0.2) is 18.5 Å². The molecule has 1 N–H and O–H groups in total. The molecule has 2 rings (SSSR count). The second-order valence-corrected chi connectivity index (χ2v) is 4.37. The first kappa shape index (κ1) is 18.8. The lowest BCUT2D eigenvalue weighted by atomic mass is 10.1. The Labute approximate surface area is 128 Å². The predicted molar refractivity (Wildman–Crippen MR) is 76.9 cm³/mol. The monoisotopic (exact) mass is 333 g/mol. The normalized spacial score (nSPS) is 17.5. The molecule has 0 bridgehead atoms. The van der Waals surface area contributed by atoms with Gasteiger partial charge in [-0.2, -0.15) is 0 Å². The van der Waals surface area contributed by atoms with Crippen molar-refractivity contribution in [1.82, 2.24) is 15.2 Å². The molecule has 110 valence electrons. The lowest BCUT2D eigenvalue weighted by Gasteiger charge is -2.34. The zero-order valence-electron chi connectivity index (χ0n) is 10.1. The number of hydrogen-bond donors (Lipinski definition) is 1. The van der Waals surface area contributed by atoms with Crippen molar-refractivity contribution in [3.8, 4) is 0 Å². The fourth-order valence-corrected chi connectivity index (χ4v) is 2.31. The zero-order chi connectivity index (χ0) is 12.3. The number of piperazine rings is 1. The first-order valence-electron chi connectivity index (χ1n) is 5.52. The van der Waals surface area contributed by atoms with Gasteiger partial charge in [0.2, 0.25) is 0 Å². The maximum atomic E-state index is 13.2. The van der Waals surface area contributed by atoms with Gasteiger partial charge in [0.25, 0.3) is 6.43 Å². The number of rotatable bonds is 3. The third-order valence-corrected chi connectivity index (χ3v) is 3.22. The van der Waals surface area contributed by atoms with Crippen LogP contribution in [0.3, 0.4) is 0 Å². The lowest BCUT2D eigenvalue weighted by molar-refractivity contribution is 0.0182. The topological polar surface area (TPSA) is 28.2 Å². The van der Waals surface area contributed by atoms with Gasteiger partial charge in [0.1, 0.15) is 0 Å². The largest absolute Gasteiger partial charge is 0.314 e. The summed E-state index contributed by atoms with van der Waals surface area (Å²) in [7, 11) is 0. The van der Waals surface area contributed by atoms with Gasteiger partial charge in [-0.25, -0.2) is 8.78 Å². The van der Waals surface area contributed by atoms with Crippen molar-refractivity contribution in [3.05, 3.63) is 29.0 Å². The number of aromatic nitrogens is 1. The maximum absolute atomic E-state index is 13.2. The summed E-state index contributed by atoms with van der Waals surface area (Å²) in [4.78, 5) is 5.59. The molecule has 1 saturated heterocycles. The summed E-state index contributed by atoms with van der Waals surface area (Å²) >= 11 is 5.94. The molecule has 1 aliphatic heterocycles. The number of pyridine rings is 1. The van der Waals surface area contributed by atoms with Crippen LogP contribution in [0.2, 0.25) is 5.02 Å². The molecule has 8 heteroatoms. The van der Waals surface area contributed by atoms with Gasteiger partial charge < -0.3 is 5.32 Å². The highest BCUT2D eigenvalue weighted by Crippen LogP contribution is 2.31. The molecule has 1 aliphatic rings. The van der Waals surface area contributed by atoms with E-state index in [2.05, 4.69) is 10.3 Å². The molecule has 0 radical (unpaired) electrons. The summed E-state index contributed by atoms with van der Waals surface area (Å²) in [5.74, 6) is 0. The Morgan fingerprint density at radius 2 is 1.89 bits per heavy atom. The van der Waals surface area contributed by atoms with Crippen molar-refractivity contribution in [2.24, 2.45) is 0 Å². The van der Waals surface area contributed by atoms with Crippen LogP contribution in [0.1, 0.15) is 11.6 Å². The van der Waals surface area contributed by atoms with Crippen molar-refractivity contribution < 1.29 is 8.78 Å². The molecule has 1 atom stereocenters. The summed E-state index contributed by atoms with van der Waals surface area (Å²) in [5, 5.41) is 3.44. The average Bonchev–Trinajstić information content (AvgIpc) is 2.33. The van der Waals surface area contributed by atoms with Gasteiger partial charge in [-0.05, 0) is 11.6 Å². The van der Waals surface area contributed by atoms with Crippen LogP contribution in [0.4, 0.5) is 8.78 Å². The van der Waals surface area contributed by atoms with E-state index in [4.69, 9.17) is 11.6 Å². The third kappa shape index (κ3) is 4.68. The van der Waals surface area contributed by atoms with Crippen LogP contribution >= 0.6 is 36.4 Å². The molecule has 0 saturated carbocycles. The number of hydrogen-bond acceptors (Lipinski definition) is 3. The SMILES string of the molecule is Cl.Cl.FC(F)[C@H](c1ccncc1Cl)N1CCNCC1. The Balaban J connectivity index is 0.00000162. The quantitative estimate of drug-likeness (QED) is 0.921. The van der Waals surface area contributed by atoms with Crippen LogP contribution in [-0.2, 0) is 0 Å². The minimum Gasteiger partial charge on any atom is -0.314 e. The summed E-state index contributed by atoms with van der Waals surface area (Å²) in [6, 6.07) is 0.633. The van der Waals surface area contributed by atoms with E-state index in [1.165, 1.54) is 12.4 Å². The van der Waals surface area contributed by atoms with Gasteiger partial charge in [-0.3, -0.25) is 9.88 Å². The molecule has 0 spiro atoms. The minimum absolute atomic E-state index is 0. The smallest absolute Gasteiger partial charge is 0.258 e. The van der Waals surface area contributed by atoms with Crippen molar-refractivity contribution in [3.63, 3.8) is 0 Å².